The molecule has 3 rings (SSSR count). The number of Topliss-reactive ketones (excluding diaryl/α,β-unsaturated/α-hetero) is 1. The van der Waals surface area contributed by atoms with E-state index in [0.29, 0.717) is 41.6 Å². The second-order valence-electron chi connectivity index (χ2n) is 5.97. The van der Waals surface area contributed by atoms with Crippen molar-refractivity contribution in [3.05, 3.63) is 59.0 Å². The van der Waals surface area contributed by atoms with Crippen molar-refractivity contribution < 1.29 is 14.7 Å². The van der Waals surface area contributed by atoms with Crippen LogP contribution in [0.25, 0.3) is 6.08 Å². The number of carbonyl (C=O) groups is 2. The Kier molecular flexibility index (Phi) is 5.29. The lowest BCUT2D eigenvalue weighted by Gasteiger charge is -2.28. The van der Waals surface area contributed by atoms with Gasteiger partial charge >= 0.3 is 5.97 Å². The fourth-order valence-electron chi connectivity index (χ4n) is 2.82. The van der Waals surface area contributed by atoms with E-state index in [0.717, 1.165) is 6.08 Å². The first-order valence-corrected chi connectivity index (χ1v) is 8.39. The summed E-state index contributed by atoms with van der Waals surface area (Å²) in [5, 5.41) is 15.6. The van der Waals surface area contributed by atoms with Crippen LogP contribution in [-0.4, -0.2) is 45.5 Å². The SMILES string of the molecule is O=C(O)/C=C/c1cnc(N[C@]2(C(=O)c3ccc(Cl)cc3)CCNC2)cn1. The summed E-state index contributed by atoms with van der Waals surface area (Å²) in [6, 6.07) is 6.79. The zero-order valence-corrected chi connectivity index (χ0v) is 14.5. The monoisotopic (exact) mass is 372 g/mol. The highest BCUT2D eigenvalue weighted by atomic mass is 35.5. The molecule has 0 unspecified atom stereocenters. The number of anilines is 1. The van der Waals surface area contributed by atoms with E-state index < -0.39 is 11.5 Å². The van der Waals surface area contributed by atoms with Gasteiger partial charge in [-0.15, -0.1) is 0 Å². The molecule has 1 aliphatic rings. The zero-order chi connectivity index (χ0) is 18.6. The maximum atomic E-state index is 13.1. The van der Waals surface area contributed by atoms with E-state index in [1.807, 2.05) is 0 Å². The third kappa shape index (κ3) is 4.07. The molecular weight excluding hydrogens is 356 g/mol. The number of benzene rings is 1. The normalized spacial score (nSPS) is 19.6. The Bertz CT molecular complexity index is 829. The van der Waals surface area contributed by atoms with Gasteiger partial charge in [0.15, 0.2) is 5.78 Å². The molecule has 1 atom stereocenters. The average molecular weight is 373 g/mol. The highest BCUT2D eigenvalue weighted by molar-refractivity contribution is 6.30. The number of aliphatic carboxylic acids is 1. The maximum Gasteiger partial charge on any atom is 0.328 e. The molecule has 0 radical (unpaired) electrons. The van der Waals surface area contributed by atoms with E-state index in [4.69, 9.17) is 16.7 Å². The van der Waals surface area contributed by atoms with Crippen molar-refractivity contribution in [3.8, 4) is 0 Å². The number of hydrogen-bond donors (Lipinski definition) is 3. The summed E-state index contributed by atoms with van der Waals surface area (Å²) < 4.78 is 0. The molecule has 0 amide bonds. The molecule has 0 aliphatic carbocycles. The lowest BCUT2D eigenvalue weighted by atomic mass is 9.88. The highest BCUT2D eigenvalue weighted by Gasteiger charge is 2.41. The minimum Gasteiger partial charge on any atom is -0.478 e. The number of nitrogens with zero attached hydrogens (tertiary/aromatic N) is 2. The van der Waals surface area contributed by atoms with Crippen molar-refractivity contribution in [2.45, 2.75) is 12.0 Å². The topological polar surface area (TPSA) is 104 Å². The van der Waals surface area contributed by atoms with Crippen molar-refractivity contribution in [1.82, 2.24) is 15.3 Å². The fourth-order valence-corrected chi connectivity index (χ4v) is 2.94. The Labute approximate surface area is 155 Å². The molecule has 26 heavy (non-hydrogen) atoms. The summed E-state index contributed by atoms with van der Waals surface area (Å²) in [6.45, 7) is 1.18. The number of hydrogen-bond acceptors (Lipinski definition) is 6. The fraction of sp³-hybridized carbons (Fsp3) is 0.222. The van der Waals surface area contributed by atoms with Crippen molar-refractivity contribution in [3.63, 3.8) is 0 Å². The Morgan fingerprint density at radius 1 is 1.23 bits per heavy atom. The van der Waals surface area contributed by atoms with Gasteiger partial charge in [0, 0.05) is 23.2 Å². The second kappa shape index (κ2) is 7.63. The average Bonchev–Trinajstić information content (AvgIpc) is 3.11. The number of halogens is 1. The van der Waals surface area contributed by atoms with Crippen LogP contribution in [0.5, 0.6) is 0 Å². The van der Waals surface area contributed by atoms with Crippen LogP contribution in [-0.2, 0) is 4.79 Å². The van der Waals surface area contributed by atoms with E-state index in [-0.39, 0.29) is 5.78 Å². The zero-order valence-electron chi connectivity index (χ0n) is 13.8. The summed E-state index contributed by atoms with van der Waals surface area (Å²) in [5.41, 5.74) is 0.168. The molecule has 7 nitrogen and oxygen atoms in total. The van der Waals surface area contributed by atoms with E-state index in [2.05, 4.69) is 20.6 Å². The third-order valence-electron chi connectivity index (χ3n) is 4.13. The molecule has 1 aromatic carbocycles. The van der Waals surface area contributed by atoms with Crippen LogP contribution in [0.3, 0.4) is 0 Å². The van der Waals surface area contributed by atoms with Crippen LogP contribution < -0.4 is 10.6 Å². The van der Waals surface area contributed by atoms with Crippen molar-refractivity contribution >= 4 is 35.2 Å². The number of rotatable bonds is 6. The minimum atomic E-state index is -1.06. The first kappa shape index (κ1) is 18.0. The molecule has 1 saturated heterocycles. The largest absolute Gasteiger partial charge is 0.478 e. The first-order chi connectivity index (χ1) is 12.5. The van der Waals surface area contributed by atoms with Gasteiger partial charge in [-0.25, -0.2) is 9.78 Å². The van der Waals surface area contributed by atoms with Gasteiger partial charge < -0.3 is 15.7 Å². The molecule has 2 heterocycles. The van der Waals surface area contributed by atoms with Crippen molar-refractivity contribution in [1.29, 1.82) is 0 Å². The standard InChI is InChI=1S/C18H17ClN4O3/c19-13-3-1-12(2-4-13)17(26)18(7-8-20-11-18)23-15-10-21-14(9-22-15)5-6-16(24)25/h1-6,9-10,20H,7-8,11H2,(H,22,23)(H,24,25)/b6-5+/t18-/m1/s1. The van der Waals surface area contributed by atoms with Crippen LogP contribution in [0.1, 0.15) is 22.5 Å². The van der Waals surface area contributed by atoms with Gasteiger partial charge in [0.2, 0.25) is 0 Å². The summed E-state index contributed by atoms with van der Waals surface area (Å²) in [6.07, 6.45) is 5.88. The molecule has 1 aliphatic heterocycles. The van der Waals surface area contributed by atoms with Gasteiger partial charge in [0.25, 0.3) is 0 Å². The van der Waals surface area contributed by atoms with E-state index in [1.54, 1.807) is 24.3 Å². The Hall–Kier alpha value is -2.77. The van der Waals surface area contributed by atoms with Crippen LogP contribution in [0.2, 0.25) is 5.02 Å². The molecule has 0 spiro atoms. The summed E-state index contributed by atoms with van der Waals surface area (Å²) in [4.78, 5) is 32.0. The molecule has 2 aromatic rings. The van der Waals surface area contributed by atoms with Gasteiger partial charge in [-0.3, -0.25) is 9.78 Å². The molecule has 8 heteroatoms. The predicted molar refractivity (Wildman–Crippen MR) is 98.3 cm³/mol. The maximum absolute atomic E-state index is 13.1. The quantitative estimate of drug-likeness (QED) is 0.527. The molecule has 1 aromatic heterocycles. The number of carbonyl (C=O) groups excluding carboxylic acids is 1. The summed E-state index contributed by atoms with van der Waals surface area (Å²) >= 11 is 5.90. The predicted octanol–water partition coefficient (Wildman–Crippen LogP) is 2.25. The Morgan fingerprint density at radius 2 is 2.00 bits per heavy atom. The second-order valence-corrected chi connectivity index (χ2v) is 6.40. The molecule has 1 fully saturated rings. The van der Waals surface area contributed by atoms with Crippen LogP contribution in [0, 0.1) is 0 Å². The van der Waals surface area contributed by atoms with Gasteiger partial charge in [-0.2, -0.15) is 0 Å². The van der Waals surface area contributed by atoms with E-state index in [1.165, 1.54) is 18.5 Å². The Balaban J connectivity index is 1.81. The van der Waals surface area contributed by atoms with Gasteiger partial charge in [-0.1, -0.05) is 11.6 Å². The smallest absolute Gasteiger partial charge is 0.328 e. The molecular formula is C18H17ClN4O3. The van der Waals surface area contributed by atoms with E-state index >= 15 is 0 Å². The van der Waals surface area contributed by atoms with Crippen LogP contribution in [0.15, 0.2) is 42.7 Å². The van der Waals surface area contributed by atoms with Crippen LogP contribution >= 0.6 is 11.6 Å². The third-order valence-corrected chi connectivity index (χ3v) is 4.38. The Morgan fingerprint density at radius 3 is 2.58 bits per heavy atom. The lowest BCUT2D eigenvalue weighted by Crippen LogP contribution is -2.48. The number of carboxylic acids is 1. The van der Waals surface area contributed by atoms with Crippen molar-refractivity contribution in [2.24, 2.45) is 0 Å². The highest BCUT2D eigenvalue weighted by Crippen LogP contribution is 2.26. The summed E-state index contributed by atoms with van der Waals surface area (Å²) in [5.74, 6) is -0.655. The lowest BCUT2D eigenvalue weighted by molar-refractivity contribution is -0.131. The summed E-state index contributed by atoms with van der Waals surface area (Å²) in [7, 11) is 0. The number of carboxylic acid groups (broad SMARTS) is 1. The number of ketones is 1. The van der Waals surface area contributed by atoms with Crippen LogP contribution in [0.4, 0.5) is 5.82 Å². The molecule has 0 bridgehead atoms. The molecule has 0 saturated carbocycles. The molecule has 134 valence electrons. The van der Waals surface area contributed by atoms with E-state index in [9.17, 15) is 9.59 Å². The minimum absolute atomic E-state index is 0.0455. The number of aromatic nitrogens is 2. The van der Waals surface area contributed by atoms with Crippen molar-refractivity contribution in [2.75, 3.05) is 18.4 Å². The van der Waals surface area contributed by atoms with Gasteiger partial charge in [0.1, 0.15) is 11.4 Å². The first-order valence-electron chi connectivity index (χ1n) is 8.01. The van der Waals surface area contributed by atoms with Gasteiger partial charge in [0.05, 0.1) is 18.1 Å². The number of nitrogens with one attached hydrogen (secondary N) is 2. The molecule has 3 N–H and O–H groups in total. The van der Waals surface area contributed by atoms with Gasteiger partial charge in [-0.05, 0) is 43.3 Å².